The van der Waals surface area contributed by atoms with Crippen molar-refractivity contribution >= 4 is 33.5 Å². The third-order valence-corrected chi connectivity index (χ3v) is 5.61. The highest BCUT2D eigenvalue weighted by Crippen LogP contribution is 2.20. The molecular formula is C20H28N6O5S. The maximum Gasteiger partial charge on any atom is 0.344 e. The van der Waals surface area contributed by atoms with Crippen LogP contribution in [0.3, 0.4) is 0 Å². The van der Waals surface area contributed by atoms with Crippen LogP contribution in [0.5, 0.6) is 0 Å². The van der Waals surface area contributed by atoms with Crippen LogP contribution >= 0.6 is 0 Å². The Morgan fingerprint density at radius 3 is 2.53 bits per heavy atom. The van der Waals surface area contributed by atoms with Gasteiger partial charge in [-0.3, -0.25) is 14.4 Å². The molecule has 0 spiro atoms. The van der Waals surface area contributed by atoms with Gasteiger partial charge in [0.05, 0.1) is 12.7 Å². The Labute approximate surface area is 187 Å². The lowest BCUT2D eigenvalue weighted by atomic mass is 10.1. The molecule has 2 heterocycles. The van der Waals surface area contributed by atoms with Crippen molar-refractivity contribution in [1.29, 1.82) is 0 Å². The number of hydrogen-bond donors (Lipinski definition) is 3. The van der Waals surface area contributed by atoms with Gasteiger partial charge < -0.3 is 15.3 Å². The van der Waals surface area contributed by atoms with Crippen molar-refractivity contribution in [2.45, 2.75) is 19.9 Å². The average molecular weight is 465 g/mol. The third kappa shape index (κ3) is 6.69. The van der Waals surface area contributed by atoms with Crippen LogP contribution < -0.4 is 10.0 Å². The number of carbonyl (C=O) groups is 2. The summed E-state index contributed by atoms with van der Waals surface area (Å²) in [6, 6.07) is 7.20. The first kappa shape index (κ1) is 23.5. The number of aryl methyl sites for hydroxylation is 1. The van der Waals surface area contributed by atoms with E-state index < -0.39 is 16.0 Å². The number of aromatic nitrogens is 2. The molecule has 1 amide bonds. The minimum atomic E-state index is -3.46. The van der Waals surface area contributed by atoms with E-state index in [1.165, 1.54) is 12.3 Å². The Morgan fingerprint density at radius 1 is 1.16 bits per heavy atom. The molecule has 1 aliphatic heterocycles. The Morgan fingerprint density at radius 2 is 1.88 bits per heavy atom. The maximum atomic E-state index is 12.7. The molecule has 174 valence electrons. The number of benzene rings is 1. The Kier molecular flexibility index (Phi) is 7.36. The fraction of sp³-hybridized carbons (Fsp3) is 0.450. The monoisotopic (exact) mass is 464 g/mol. The van der Waals surface area contributed by atoms with Gasteiger partial charge in [0.25, 0.3) is 0 Å². The molecule has 1 aromatic carbocycles. The van der Waals surface area contributed by atoms with Gasteiger partial charge in [-0.15, -0.1) is 5.10 Å². The molecule has 0 unspecified atom stereocenters. The Hall–Kier alpha value is -3.12. The highest BCUT2D eigenvalue weighted by atomic mass is 32.2. The third-order valence-electron chi connectivity index (χ3n) is 5.03. The number of sulfonamides is 1. The summed E-state index contributed by atoms with van der Waals surface area (Å²) in [5.41, 5.74) is 3.09. The van der Waals surface area contributed by atoms with E-state index in [0.717, 1.165) is 27.8 Å². The molecule has 1 saturated heterocycles. The molecule has 0 radical (unpaired) electrons. The topological polar surface area (TPSA) is 137 Å². The van der Waals surface area contributed by atoms with Gasteiger partial charge in [0.2, 0.25) is 10.0 Å². The summed E-state index contributed by atoms with van der Waals surface area (Å²) in [4.78, 5) is 27.4. The summed E-state index contributed by atoms with van der Waals surface area (Å²) in [7, 11) is -3.46. The second-order valence-corrected chi connectivity index (χ2v) is 9.55. The number of nitrogens with one attached hydrogen (secondary N) is 2. The lowest BCUT2D eigenvalue weighted by Crippen LogP contribution is -2.49. The zero-order valence-electron chi connectivity index (χ0n) is 18.1. The second kappa shape index (κ2) is 10.0. The van der Waals surface area contributed by atoms with E-state index in [2.05, 4.69) is 20.0 Å². The number of hydrogen-bond acceptors (Lipinski definition) is 7. The molecule has 1 fully saturated rings. The molecule has 0 aliphatic carbocycles. The number of carbonyl (C=O) groups excluding carboxylic acids is 1. The van der Waals surface area contributed by atoms with Crippen molar-refractivity contribution < 1.29 is 23.1 Å². The van der Waals surface area contributed by atoms with Gasteiger partial charge in [0.15, 0.2) is 5.82 Å². The van der Waals surface area contributed by atoms with Crippen LogP contribution in [0.25, 0.3) is 0 Å². The molecule has 32 heavy (non-hydrogen) atoms. The van der Waals surface area contributed by atoms with Crippen LogP contribution in [-0.4, -0.2) is 84.1 Å². The van der Waals surface area contributed by atoms with Gasteiger partial charge in [-0.1, -0.05) is 12.1 Å². The number of carboxylic acids is 1. The number of rotatable bonds is 8. The largest absolute Gasteiger partial charge is 0.481 e. The number of aliphatic carboxylic acids is 1. The predicted octanol–water partition coefficient (Wildman–Crippen LogP) is 1.24. The molecule has 0 saturated carbocycles. The van der Waals surface area contributed by atoms with Crippen LogP contribution in [0, 0.1) is 6.92 Å². The van der Waals surface area contributed by atoms with Gasteiger partial charge in [0, 0.05) is 57.2 Å². The highest BCUT2D eigenvalue weighted by molar-refractivity contribution is 7.92. The average Bonchev–Trinajstić information content (AvgIpc) is 3.16. The van der Waals surface area contributed by atoms with Crippen LogP contribution in [0.2, 0.25) is 0 Å². The van der Waals surface area contributed by atoms with Crippen molar-refractivity contribution in [2.75, 3.05) is 49.0 Å². The van der Waals surface area contributed by atoms with Crippen molar-refractivity contribution in [2.24, 2.45) is 0 Å². The Balaban J connectivity index is 1.56. The lowest BCUT2D eigenvalue weighted by Gasteiger charge is -2.34. The maximum absolute atomic E-state index is 12.7. The van der Waals surface area contributed by atoms with E-state index in [4.69, 9.17) is 5.11 Å². The molecule has 11 nitrogen and oxygen atoms in total. The summed E-state index contributed by atoms with van der Waals surface area (Å²) in [6.07, 6.45) is 2.50. The van der Waals surface area contributed by atoms with Crippen molar-refractivity contribution in [3.8, 4) is 0 Å². The zero-order valence-corrected chi connectivity index (χ0v) is 18.9. The summed E-state index contributed by atoms with van der Waals surface area (Å²) in [5.74, 6) is -0.745. The fourth-order valence-corrected chi connectivity index (χ4v) is 3.94. The van der Waals surface area contributed by atoms with E-state index in [1.54, 1.807) is 4.90 Å². The van der Waals surface area contributed by atoms with E-state index in [9.17, 15) is 18.0 Å². The van der Waals surface area contributed by atoms with Gasteiger partial charge in [-0.25, -0.2) is 13.2 Å². The minimum absolute atomic E-state index is 0.0447. The molecular weight excluding hydrogens is 436 g/mol. The molecule has 3 N–H and O–H groups in total. The number of anilines is 2. The van der Waals surface area contributed by atoms with E-state index in [0.29, 0.717) is 39.3 Å². The van der Waals surface area contributed by atoms with Crippen molar-refractivity contribution in [1.82, 2.24) is 19.6 Å². The van der Waals surface area contributed by atoms with Gasteiger partial charge in [0.1, 0.15) is 0 Å². The first-order valence-corrected chi connectivity index (χ1v) is 12.1. The standard InChI is InChI=1S/C20H28N6O5S/c1-15-3-4-16(17(13-15)21-7-5-19(27)28)14-24-9-11-25(12-10-24)20(29)26-8-6-18(22-26)23-32(2,30)31/h3-4,6,8,13,21H,5,7,9-12,14H2,1-2H3,(H,22,23)(H,27,28). The molecule has 12 heteroatoms. The summed E-state index contributed by atoms with van der Waals surface area (Å²) in [6.45, 7) is 5.40. The normalized spacial score (nSPS) is 14.9. The summed E-state index contributed by atoms with van der Waals surface area (Å²) in [5, 5.41) is 16.1. The van der Waals surface area contributed by atoms with Gasteiger partial charge in [-0.2, -0.15) is 4.68 Å². The Bertz CT molecular complexity index is 1080. The van der Waals surface area contributed by atoms with Gasteiger partial charge in [-0.05, 0) is 24.1 Å². The second-order valence-electron chi connectivity index (χ2n) is 7.80. The van der Waals surface area contributed by atoms with Crippen molar-refractivity contribution in [3.05, 3.63) is 41.6 Å². The quantitative estimate of drug-likeness (QED) is 0.531. The molecule has 1 aromatic heterocycles. The van der Waals surface area contributed by atoms with Crippen molar-refractivity contribution in [3.63, 3.8) is 0 Å². The van der Waals surface area contributed by atoms with E-state index in [1.807, 2.05) is 25.1 Å². The highest BCUT2D eigenvalue weighted by Gasteiger charge is 2.23. The summed E-state index contributed by atoms with van der Waals surface area (Å²) < 4.78 is 26.0. The lowest BCUT2D eigenvalue weighted by molar-refractivity contribution is -0.136. The van der Waals surface area contributed by atoms with Crippen LogP contribution in [0.1, 0.15) is 17.5 Å². The first-order chi connectivity index (χ1) is 15.1. The summed E-state index contributed by atoms with van der Waals surface area (Å²) >= 11 is 0. The molecule has 0 bridgehead atoms. The number of nitrogens with zero attached hydrogens (tertiary/aromatic N) is 4. The van der Waals surface area contributed by atoms with Crippen LogP contribution in [-0.2, 0) is 21.4 Å². The number of carboxylic acid groups (broad SMARTS) is 1. The minimum Gasteiger partial charge on any atom is -0.481 e. The number of piperazine rings is 1. The fourth-order valence-electron chi connectivity index (χ4n) is 3.45. The van der Waals surface area contributed by atoms with E-state index in [-0.39, 0.29) is 18.3 Å². The molecule has 1 aliphatic rings. The van der Waals surface area contributed by atoms with E-state index >= 15 is 0 Å². The smallest absolute Gasteiger partial charge is 0.344 e. The number of amides is 1. The molecule has 2 aromatic rings. The zero-order chi connectivity index (χ0) is 23.3. The SMILES string of the molecule is Cc1ccc(CN2CCN(C(=O)n3ccc(NS(C)(=O)=O)n3)CC2)c(NCCC(=O)O)c1. The van der Waals surface area contributed by atoms with Crippen LogP contribution in [0.15, 0.2) is 30.5 Å². The first-order valence-electron chi connectivity index (χ1n) is 10.2. The predicted molar refractivity (Wildman–Crippen MR) is 120 cm³/mol. The molecule has 3 rings (SSSR count). The van der Waals surface area contributed by atoms with Crippen LogP contribution in [0.4, 0.5) is 16.3 Å². The molecule has 0 atom stereocenters. The van der Waals surface area contributed by atoms with Gasteiger partial charge >= 0.3 is 12.0 Å².